The maximum absolute atomic E-state index is 13.1. The van der Waals surface area contributed by atoms with Gasteiger partial charge in [-0.3, -0.25) is 9.59 Å². The first-order valence-electron chi connectivity index (χ1n) is 12.5. The summed E-state index contributed by atoms with van der Waals surface area (Å²) in [5.41, 5.74) is 2.21. The highest BCUT2D eigenvalue weighted by Crippen LogP contribution is 2.30. The third-order valence-corrected chi connectivity index (χ3v) is 7.03. The number of amides is 2. The highest BCUT2D eigenvalue weighted by atomic mass is 35.5. The standard InChI is InChI=1S/C29H26ClN3O6/c1-17-23(28(35)33(32-17)21-4-2-3-20(13-21)29(36)37)15-22-6-8-26(39-22)19-5-7-25(30)24(14-19)27(34)31-16-18-9-11-38-12-10-18/h2-8,13-15,18H,9-12,16H2,1H3,(H,31,34)(H,36,37)/b23-15-. The monoisotopic (exact) mass is 547 g/mol. The average molecular weight is 548 g/mol. The minimum Gasteiger partial charge on any atom is -0.478 e. The molecule has 1 aromatic heterocycles. The number of hydrogen-bond acceptors (Lipinski definition) is 6. The van der Waals surface area contributed by atoms with Crippen LogP contribution >= 0.6 is 11.6 Å². The van der Waals surface area contributed by atoms with Crippen molar-refractivity contribution in [3.05, 3.63) is 82.1 Å². The molecule has 0 unspecified atom stereocenters. The second kappa shape index (κ2) is 11.3. The van der Waals surface area contributed by atoms with Crippen LogP contribution in [0.25, 0.3) is 17.4 Å². The zero-order chi connectivity index (χ0) is 27.5. The van der Waals surface area contributed by atoms with Crippen LogP contribution in [0.3, 0.4) is 0 Å². The Morgan fingerprint density at radius 3 is 2.72 bits per heavy atom. The Morgan fingerprint density at radius 2 is 1.95 bits per heavy atom. The molecule has 2 amide bonds. The van der Waals surface area contributed by atoms with Crippen LogP contribution in [0.1, 0.15) is 46.2 Å². The molecule has 0 radical (unpaired) electrons. The molecule has 5 rings (SSSR count). The Kier molecular flexibility index (Phi) is 7.63. The zero-order valence-corrected chi connectivity index (χ0v) is 21.9. The molecule has 2 aliphatic rings. The van der Waals surface area contributed by atoms with Crippen LogP contribution in [-0.4, -0.2) is 48.4 Å². The van der Waals surface area contributed by atoms with Crippen molar-refractivity contribution in [1.29, 1.82) is 0 Å². The van der Waals surface area contributed by atoms with Crippen molar-refractivity contribution in [2.75, 3.05) is 24.8 Å². The quantitative estimate of drug-likeness (QED) is 0.389. The van der Waals surface area contributed by atoms with Gasteiger partial charge in [0.1, 0.15) is 11.5 Å². The summed E-state index contributed by atoms with van der Waals surface area (Å²) in [4.78, 5) is 37.3. The summed E-state index contributed by atoms with van der Waals surface area (Å²) in [6.45, 7) is 3.67. The summed E-state index contributed by atoms with van der Waals surface area (Å²) in [6, 6.07) is 14.6. The molecule has 2 aliphatic heterocycles. The van der Waals surface area contributed by atoms with Crippen molar-refractivity contribution in [3.63, 3.8) is 0 Å². The number of nitrogens with one attached hydrogen (secondary N) is 1. The first-order chi connectivity index (χ1) is 18.8. The van der Waals surface area contributed by atoms with Gasteiger partial charge in [0, 0.05) is 25.3 Å². The molecule has 0 spiro atoms. The van der Waals surface area contributed by atoms with Crippen molar-refractivity contribution in [3.8, 4) is 11.3 Å². The predicted octanol–water partition coefficient (Wildman–Crippen LogP) is 5.26. The number of furan rings is 1. The van der Waals surface area contributed by atoms with Crippen LogP contribution in [0, 0.1) is 5.92 Å². The van der Waals surface area contributed by atoms with E-state index in [0.29, 0.717) is 70.3 Å². The lowest BCUT2D eigenvalue weighted by Crippen LogP contribution is -2.32. The number of carboxylic acids is 1. The summed E-state index contributed by atoms with van der Waals surface area (Å²) in [6.07, 6.45) is 3.42. The van der Waals surface area contributed by atoms with Gasteiger partial charge in [-0.25, -0.2) is 4.79 Å². The maximum Gasteiger partial charge on any atom is 0.335 e. The van der Waals surface area contributed by atoms with E-state index in [2.05, 4.69) is 10.4 Å². The molecule has 9 nitrogen and oxygen atoms in total. The highest BCUT2D eigenvalue weighted by molar-refractivity contribution is 6.34. The Hall–Kier alpha value is -4.21. The van der Waals surface area contributed by atoms with Gasteiger partial charge in [0.05, 0.1) is 33.1 Å². The van der Waals surface area contributed by atoms with E-state index in [1.54, 1.807) is 55.5 Å². The number of rotatable bonds is 7. The molecular weight excluding hydrogens is 522 g/mol. The number of nitrogens with zero attached hydrogens (tertiary/aromatic N) is 2. The van der Waals surface area contributed by atoms with Crippen molar-refractivity contribution in [2.24, 2.45) is 11.0 Å². The van der Waals surface area contributed by atoms with Gasteiger partial charge in [0.15, 0.2) is 0 Å². The van der Waals surface area contributed by atoms with E-state index in [1.807, 2.05) is 0 Å². The first-order valence-corrected chi connectivity index (χ1v) is 12.9. The summed E-state index contributed by atoms with van der Waals surface area (Å²) in [5, 5.41) is 18.0. The normalized spacial score (nSPS) is 17.0. The van der Waals surface area contributed by atoms with Gasteiger partial charge in [0.25, 0.3) is 11.8 Å². The third kappa shape index (κ3) is 5.79. The molecule has 200 valence electrons. The molecule has 2 N–H and O–H groups in total. The van der Waals surface area contributed by atoms with Crippen LogP contribution < -0.4 is 10.3 Å². The fraction of sp³-hybridized carbons (Fsp3) is 0.241. The molecule has 10 heteroatoms. The van der Waals surface area contributed by atoms with Gasteiger partial charge in [0.2, 0.25) is 0 Å². The summed E-state index contributed by atoms with van der Waals surface area (Å²) in [5.74, 6) is -0.439. The maximum atomic E-state index is 13.1. The van der Waals surface area contributed by atoms with E-state index in [-0.39, 0.29) is 11.5 Å². The number of hydrazone groups is 1. The Bertz CT molecular complexity index is 1500. The molecule has 1 fully saturated rings. The number of carbonyl (C=O) groups is 3. The van der Waals surface area contributed by atoms with Crippen LogP contribution in [-0.2, 0) is 9.53 Å². The van der Waals surface area contributed by atoms with E-state index in [4.69, 9.17) is 20.8 Å². The first kappa shape index (κ1) is 26.4. The SMILES string of the molecule is CC1=NN(c2cccc(C(=O)O)c2)C(=O)/C1=C\c1ccc(-c2ccc(Cl)c(C(=O)NCC3CCOCC3)c2)o1. The van der Waals surface area contributed by atoms with Gasteiger partial charge in [-0.2, -0.15) is 10.1 Å². The lowest BCUT2D eigenvalue weighted by molar-refractivity contribution is -0.114. The number of hydrogen-bond donors (Lipinski definition) is 2. The Balaban J connectivity index is 1.32. The zero-order valence-electron chi connectivity index (χ0n) is 21.1. The molecule has 0 saturated carbocycles. The van der Waals surface area contributed by atoms with Crippen molar-refractivity contribution >= 4 is 46.9 Å². The van der Waals surface area contributed by atoms with E-state index >= 15 is 0 Å². The van der Waals surface area contributed by atoms with Crippen molar-refractivity contribution < 1.29 is 28.6 Å². The van der Waals surface area contributed by atoms with Crippen LogP contribution in [0.5, 0.6) is 0 Å². The molecule has 0 atom stereocenters. The van der Waals surface area contributed by atoms with E-state index in [1.165, 1.54) is 17.1 Å². The molecular formula is C29H26ClN3O6. The van der Waals surface area contributed by atoms with Crippen LogP contribution in [0.15, 0.2) is 69.7 Å². The summed E-state index contributed by atoms with van der Waals surface area (Å²) < 4.78 is 11.4. The number of carboxylic acid groups (broad SMARTS) is 1. The van der Waals surface area contributed by atoms with Gasteiger partial charge in [-0.05, 0) is 80.3 Å². The molecule has 3 aromatic rings. The van der Waals surface area contributed by atoms with Crippen LogP contribution in [0.4, 0.5) is 5.69 Å². The predicted molar refractivity (Wildman–Crippen MR) is 147 cm³/mol. The number of ether oxygens (including phenoxy) is 1. The van der Waals surface area contributed by atoms with Crippen LogP contribution in [0.2, 0.25) is 5.02 Å². The Morgan fingerprint density at radius 1 is 1.15 bits per heavy atom. The minimum atomic E-state index is -1.09. The summed E-state index contributed by atoms with van der Waals surface area (Å²) in [7, 11) is 0. The molecule has 3 heterocycles. The highest BCUT2D eigenvalue weighted by Gasteiger charge is 2.29. The second-order valence-electron chi connectivity index (χ2n) is 9.38. The molecule has 0 aliphatic carbocycles. The molecule has 0 bridgehead atoms. The van der Waals surface area contributed by atoms with Crippen molar-refractivity contribution in [2.45, 2.75) is 19.8 Å². The third-order valence-electron chi connectivity index (χ3n) is 6.70. The van der Waals surface area contributed by atoms with Gasteiger partial charge >= 0.3 is 5.97 Å². The van der Waals surface area contributed by atoms with Gasteiger partial charge < -0.3 is 19.6 Å². The molecule has 1 saturated heterocycles. The number of benzene rings is 2. The Labute approximate surface area is 229 Å². The topological polar surface area (TPSA) is 121 Å². The fourth-order valence-electron chi connectivity index (χ4n) is 4.49. The van der Waals surface area contributed by atoms with E-state index < -0.39 is 11.9 Å². The second-order valence-corrected chi connectivity index (χ2v) is 9.79. The lowest BCUT2D eigenvalue weighted by atomic mass is 10.0. The lowest BCUT2D eigenvalue weighted by Gasteiger charge is -2.22. The molecule has 2 aromatic carbocycles. The number of halogens is 1. The van der Waals surface area contributed by atoms with Gasteiger partial charge in [-0.15, -0.1) is 0 Å². The number of aromatic carboxylic acids is 1. The smallest absolute Gasteiger partial charge is 0.335 e. The van der Waals surface area contributed by atoms with E-state index in [9.17, 15) is 19.5 Å². The number of anilines is 1. The van der Waals surface area contributed by atoms with Gasteiger partial charge in [-0.1, -0.05) is 17.7 Å². The number of carbonyl (C=O) groups excluding carboxylic acids is 2. The largest absolute Gasteiger partial charge is 0.478 e. The fourth-order valence-corrected chi connectivity index (χ4v) is 4.70. The average Bonchev–Trinajstić information content (AvgIpc) is 3.53. The van der Waals surface area contributed by atoms with E-state index in [0.717, 1.165) is 12.8 Å². The van der Waals surface area contributed by atoms with Crippen molar-refractivity contribution in [1.82, 2.24) is 5.32 Å². The minimum absolute atomic E-state index is 0.0564. The molecule has 39 heavy (non-hydrogen) atoms. The summed E-state index contributed by atoms with van der Waals surface area (Å²) >= 11 is 6.33.